The lowest BCUT2D eigenvalue weighted by molar-refractivity contribution is -0.142. The fourth-order valence-corrected chi connectivity index (χ4v) is 6.39. The molecule has 4 atom stereocenters. The molecule has 1 fully saturated rings. The molecule has 1 saturated heterocycles. The summed E-state index contributed by atoms with van der Waals surface area (Å²) in [4.78, 5) is 43.2. The van der Waals surface area contributed by atoms with Crippen LogP contribution in [0.4, 0.5) is 4.39 Å². The van der Waals surface area contributed by atoms with Crippen LogP contribution in [0.3, 0.4) is 0 Å². The van der Waals surface area contributed by atoms with Gasteiger partial charge in [0.15, 0.2) is 5.78 Å². The van der Waals surface area contributed by atoms with Crippen molar-refractivity contribution in [1.82, 2.24) is 4.90 Å². The van der Waals surface area contributed by atoms with Gasteiger partial charge < -0.3 is 10.0 Å². The number of carbonyl (C=O) groups is 3. The van der Waals surface area contributed by atoms with E-state index in [0.29, 0.717) is 21.6 Å². The molecule has 7 heteroatoms. The third kappa shape index (κ3) is 5.09. The third-order valence-electron chi connectivity index (χ3n) is 7.61. The van der Waals surface area contributed by atoms with Crippen molar-refractivity contribution in [2.24, 2.45) is 5.92 Å². The quantitative estimate of drug-likeness (QED) is 0.257. The number of hydrogen-bond acceptors (Lipinski definition) is 4. The summed E-state index contributed by atoms with van der Waals surface area (Å²) in [7, 11) is 0. The van der Waals surface area contributed by atoms with Gasteiger partial charge in [-0.3, -0.25) is 9.59 Å². The smallest absolute Gasteiger partial charge is 0.327 e. The first-order valence-electron chi connectivity index (χ1n) is 13.1. The Bertz CT molecular complexity index is 1510. The van der Waals surface area contributed by atoms with E-state index in [9.17, 15) is 23.9 Å². The van der Waals surface area contributed by atoms with Crippen LogP contribution in [0.5, 0.6) is 0 Å². The van der Waals surface area contributed by atoms with Crippen molar-refractivity contribution in [2.45, 2.75) is 44.2 Å². The molecule has 0 bridgehead atoms. The Morgan fingerprint density at radius 2 is 1.45 bits per heavy atom. The minimum Gasteiger partial charge on any atom is -0.480 e. The number of benzene rings is 3. The number of carboxylic acids is 1. The fraction of sp³-hybridized carbons (Fsp3) is 0.242. The largest absolute Gasteiger partial charge is 0.480 e. The molecule has 0 spiro atoms. The van der Waals surface area contributed by atoms with Crippen LogP contribution in [0.1, 0.15) is 69.5 Å². The third-order valence-corrected chi connectivity index (χ3v) is 8.50. The van der Waals surface area contributed by atoms with Crippen LogP contribution in [-0.2, 0) is 10.2 Å². The van der Waals surface area contributed by atoms with Gasteiger partial charge in [0, 0.05) is 11.5 Å². The number of nitrogens with zero attached hydrogens (tertiary/aromatic N) is 1. The molecule has 1 N–H and O–H groups in total. The van der Waals surface area contributed by atoms with Gasteiger partial charge in [0.1, 0.15) is 11.9 Å². The maximum absolute atomic E-state index is 14.2. The summed E-state index contributed by atoms with van der Waals surface area (Å²) in [5.74, 6) is -4.18. The first-order chi connectivity index (χ1) is 19.1. The van der Waals surface area contributed by atoms with E-state index >= 15 is 0 Å². The number of amides is 1. The molecule has 4 aromatic rings. The van der Waals surface area contributed by atoms with E-state index < -0.39 is 41.6 Å². The number of halogens is 1. The maximum atomic E-state index is 14.2. The number of carboxylic acid groups (broad SMARTS) is 1. The molecule has 1 aromatic heterocycles. The van der Waals surface area contributed by atoms with Gasteiger partial charge in [0.05, 0.1) is 16.8 Å². The summed E-state index contributed by atoms with van der Waals surface area (Å²) in [6, 6.07) is 22.9. The molecular formula is C33H30FNO4S. The second-order valence-electron chi connectivity index (χ2n) is 11.1. The Hall–Kier alpha value is -4.10. The topological polar surface area (TPSA) is 74.7 Å². The molecule has 1 aliphatic rings. The maximum Gasteiger partial charge on any atom is 0.327 e. The normalized spacial score (nSPS) is 20.9. The zero-order chi connectivity index (χ0) is 28.6. The summed E-state index contributed by atoms with van der Waals surface area (Å²) < 4.78 is 14.0. The highest BCUT2D eigenvalue weighted by Gasteiger charge is 2.57. The second kappa shape index (κ2) is 10.8. The summed E-state index contributed by atoms with van der Waals surface area (Å²) in [5, 5.41) is 12.5. The predicted octanol–water partition coefficient (Wildman–Crippen LogP) is 7.12. The number of thiophene rings is 1. The summed E-state index contributed by atoms with van der Waals surface area (Å²) >= 11 is 1.28. The predicted molar refractivity (Wildman–Crippen MR) is 153 cm³/mol. The molecule has 2 heterocycles. The first kappa shape index (κ1) is 27.5. The number of rotatable bonds is 6. The molecule has 5 nitrogen and oxygen atoms in total. The van der Waals surface area contributed by atoms with Crippen molar-refractivity contribution in [3.8, 4) is 0 Å². The summed E-state index contributed by atoms with van der Waals surface area (Å²) in [6.07, 6.45) is 0. The van der Waals surface area contributed by atoms with Gasteiger partial charge in [0.25, 0.3) is 5.91 Å². The average Bonchev–Trinajstić information content (AvgIpc) is 3.60. The molecular weight excluding hydrogens is 525 g/mol. The van der Waals surface area contributed by atoms with Crippen LogP contribution < -0.4 is 0 Å². The van der Waals surface area contributed by atoms with E-state index in [1.165, 1.54) is 40.5 Å². The van der Waals surface area contributed by atoms with E-state index in [1.54, 1.807) is 47.8 Å². The van der Waals surface area contributed by atoms with Gasteiger partial charge in [-0.2, -0.15) is 0 Å². The van der Waals surface area contributed by atoms with Gasteiger partial charge >= 0.3 is 5.97 Å². The highest BCUT2D eigenvalue weighted by molar-refractivity contribution is 7.12. The van der Waals surface area contributed by atoms with Crippen molar-refractivity contribution in [2.75, 3.05) is 0 Å². The number of aliphatic carboxylic acids is 1. The fourth-order valence-electron chi connectivity index (χ4n) is 5.68. The minimum absolute atomic E-state index is 0.126. The molecule has 1 aliphatic heterocycles. The molecule has 0 radical (unpaired) electrons. The van der Waals surface area contributed by atoms with Crippen LogP contribution in [-0.4, -0.2) is 33.7 Å². The number of ketones is 1. The van der Waals surface area contributed by atoms with Crippen molar-refractivity contribution >= 4 is 29.0 Å². The van der Waals surface area contributed by atoms with Crippen molar-refractivity contribution < 1.29 is 23.9 Å². The Kier molecular flexibility index (Phi) is 7.43. The van der Waals surface area contributed by atoms with E-state index in [2.05, 4.69) is 20.8 Å². The second-order valence-corrected chi connectivity index (χ2v) is 12.1. The number of hydrogen-bond donors (Lipinski definition) is 1. The Morgan fingerprint density at radius 1 is 0.825 bits per heavy atom. The molecule has 5 rings (SSSR count). The van der Waals surface area contributed by atoms with Crippen molar-refractivity contribution in [3.05, 3.63) is 129 Å². The van der Waals surface area contributed by atoms with Gasteiger partial charge in [0.2, 0.25) is 0 Å². The Labute approximate surface area is 236 Å². The van der Waals surface area contributed by atoms with Crippen LogP contribution in [0.2, 0.25) is 0 Å². The minimum atomic E-state index is -1.34. The van der Waals surface area contributed by atoms with Crippen LogP contribution in [0.15, 0.2) is 96.4 Å². The lowest BCUT2D eigenvalue weighted by Crippen LogP contribution is -2.43. The lowest BCUT2D eigenvalue weighted by Gasteiger charge is -2.30. The molecule has 0 aliphatic carbocycles. The molecule has 40 heavy (non-hydrogen) atoms. The molecule has 4 unspecified atom stereocenters. The van der Waals surface area contributed by atoms with Gasteiger partial charge in [-0.1, -0.05) is 81.4 Å². The zero-order valence-corrected chi connectivity index (χ0v) is 23.3. The molecule has 0 saturated carbocycles. The monoisotopic (exact) mass is 555 g/mol. The van der Waals surface area contributed by atoms with Gasteiger partial charge in [-0.05, 0) is 57.8 Å². The highest BCUT2D eigenvalue weighted by atomic mass is 32.1. The van der Waals surface area contributed by atoms with Crippen molar-refractivity contribution in [1.29, 1.82) is 0 Å². The Morgan fingerprint density at radius 3 is 2.00 bits per heavy atom. The molecule has 1 amide bonds. The molecule has 3 aromatic carbocycles. The number of Topliss-reactive ketones (excluding diaryl/α,β-unsaturated/α-hetero) is 1. The van der Waals surface area contributed by atoms with E-state index in [4.69, 9.17) is 0 Å². The van der Waals surface area contributed by atoms with Crippen molar-refractivity contribution in [3.63, 3.8) is 0 Å². The van der Waals surface area contributed by atoms with Crippen LogP contribution in [0, 0.1) is 11.7 Å². The highest BCUT2D eigenvalue weighted by Crippen LogP contribution is 2.52. The summed E-state index contributed by atoms with van der Waals surface area (Å²) in [5.41, 5.74) is 2.41. The molecule has 204 valence electrons. The SMILES string of the molecule is CC(C)(C)c1ccc(C2C(C(=O)c3cccs3)C(c3ccc(F)cc3)N(C(=O)c3ccccc3)C2C(=O)O)cc1. The standard InChI is InChI=1S/C33H30FNO4S/c1-33(2,3)23-15-11-20(12-16-23)26-27(30(36)25-10-7-19-40-25)28(21-13-17-24(34)18-14-21)35(29(26)32(38)39)31(37)22-8-5-4-6-9-22/h4-19,26-29H,1-3H3,(H,38,39). The zero-order valence-electron chi connectivity index (χ0n) is 22.5. The van der Waals surface area contributed by atoms with Gasteiger partial charge in [-0.25, -0.2) is 9.18 Å². The van der Waals surface area contributed by atoms with Crippen LogP contribution >= 0.6 is 11.3 Å². The van der Waals surface area contributed by atoms with E-state index in [1.807, 2.05) is 24.3 Å². The number of carbonyl (C=O) groups excluding carboxylic acids is 2. The summed E-state index contributed by atoms with van der Waals surface area (Å²) in [6.45, 7) is 6.27. The number of likely N-dealkylation sites (tertiary alicyclic amines) is 1. The van der Waals surface area contributed by atoms with E-state index in [0.717, 1.165) is 5.56 Å². The van der Waals surface area contributed by atoms with E-state index in [-0.39, 0.29) is 11.2 Å². The first-order valence-corrected chi connectivity index (χ1v) is 14.0. The van der Waals surface area contributed by atoms with Crippen LogP contribution in [0.25, 0.3) is 0 Å². The average molecular weight is 556 g/mol. The Balaban J connectivity index is 1.75. The lowest BCUT2D eigenvalue weighted by atomic mass is 9.76. The van der Waals surface area contributed by atoms with Gasteiger partial charge in [-0.15, -0.1) is 11.3 Å².